The van der Waals surface area contributed by atoms with Crippen LogP contribution in [-0.2, 0) is 4.74 Å². The largest absolute Gasteiger partial charge is 0.504 e. The van der Waals surface area contributed by atoms with Crippen LogP contribution in [0.2, 0.25) is 0 Å². The monoisotopic (exact) mass is 324 g/mol. The van der Waals surface area contributed by atoms with Crippen molar-refractivity contribution < 1.29 is 9.53 Å². The molecule has 1 aliphatic rings. The van der Waals surface area contributed by atoms with E-state index in [2.05, 4.69) is 16.0 Å². The van der Waals surface area contributed by atoms with E-state index in [0.717, 1.165) is 33.5 Å². The van der Waals surface area contributed by atoms with Gasteiger partial charge in [0.15, 0.2) is 0 Å². The number of carbonyl (C=O) groups excluding carboxylic acids is 1. The molecule has 24 heavy (non-hydrogen) atoms. The van der Waals surface area contributed by atoms with Crippen LogP contribution in [0.3, 0.4) is 0 Å². The average molecular weight is 324 g/mol. The van der Waals surface area contributed by atoms with Crippen molar-refractivity contribution in [1.82, 2.24) is 4.98 Å². The van der Waals surface area contributed by atoms with Crippen LogP contribution in [0.25, 0.3) is 10.9 Å². The molecule has 0 N–H and O–H groups in total. The minimum atomic E-state index is -0.196. The quantitative estimate of drug-likeness (QED) is 0.410. The Bertz CT molecular complexity index is 882. The first-order valence-corrected chi connectivity index (χ1v) is 7.58. The molecule has 0 saturated carbocycles. The lowest BCUT2D eigenvalue weighted by molar-refractivity contribution is 0.103. The van der Waals surface area contributed by atoms with Crippen molar-refractivity contribution in [3.8, 4) is 0 Å². The van der Waals surface area contributed by atoms with Crippen LogP contribution >= 0.6 is 0 Å². The Hall–Kier alpha value is -2.89. The number of hydrogen-bond acceptors (Lipinski definition) is 6. The molecule has 6 heteroatoms. The third kappa shape index (κ3) is 2.50. The zero-order valence-electron chi connectivity index (χ0n) is 14.5. The second-order valence-electron chi connectivity index (χ2n) is 6.03. The summed E-state index contributed by atoms with van der Waals surface area (Å²) in [4.78, 5) is 25.5. The number of ketones is 1. The average Bonchev–Trinajstić information content (AvgIpc) is 2.97. The van der Waals surface area contributed by atoms with Gasteiger partial charge in [-0.1, -0.05) is 0 Å². The van der Waals surface area contributed by atoms with Crippen LogP contribution in [-0.4, -0.2) is 52.3 Å². The molecule has 0 amide bonds. The zero-order valence-corrected chi connectivity index (χ0v) is 14.5. The van der Waals surface area contributed by atoms with Crippen molar-refractivity contribution in [2.45, 2.75) is 0 Å². The van der Waals surface area contributed by atoms with Gasteiger partial charge in [-0.15, -0.1) is 0 Å². The Balaban J connectivity index is 2.30. The van der Waals surface area contributed by atoms with Crippen molar-refractivity contribution in [2.24, 2.45) is 4.99 Å². The van der Waals surface area contributed by atoms with E-state index < -0.39 is 0 Å². The first kappa shape index (κ1) is 16.0. The first-order valence-electron chi connectivity index (χ1n) is 7.58. The Morgan fingerprint density at radius 1 is 1.12 bits per heavy atom. The van der Waals surface area contributed by atoms with Crippen molar-refractivity contribution in [2.75, 3.05) is 45.1 Å². The van der Waals surface area contributed by atoms with Crippen LogP contribution in [0.1, 0.15) is 16.1 Å². The van der Waals surface area contributed by atoms with Gasteiger partial charge in [0.1, 0.15) is 5.69 Å². The van der Waals surface area contributed by atoms with Crippen LogP contribution in [0.4, 0.5) is 17.1 Å². The van der Waals surface area contributed by atoms with Crippen LogP contribution in [0, 0.1) is 0 Å². The van der Waals surface area contributed by atoms with E-state index in [1.165, 1.54) is 19.4 Å². The summed E-state index contributed by atoms with van der Waals surface area (Å²) in [6.45, 7) is 0. The lowest BCUT2D eigenvalue weighted by atomic mass is 10.0. The molecule has 0 bridgehead atoms. The summed E-state index contributed by atoms with van der Waals surface area (Å²) in [5.41, 5.74) is 4.96. The molecule has 2 heterocycles. The summed E-state index contributed by atoms with van der Waals surface area (Å²) in [6.07, 6.45) is 4.52. The third-order valence-corrected chi connectivity index (χ3v) is 3.95. The van der Waals surface area contributed by atoms with E-state index in [1.54, 1.807) is 12.3 Å². The summed E-state index contributed by atoms with van der Waals surface area (Å²) >= 11 is 0. The fourth-order valence-corrected chi connectivity index (χ4v) is 2.78. The standard InChI is InChI=1S/C18H20N4O2/c1-21(2)13-9-14(22(3)4)18-16-11(10-19-17(13)16)8-12(20-18)15(23)6-7-24-5/h6-10H,1-5H3/b7-6-. The summed E-state index contributed by atoms with van der Waals surface area (Å²) in [7, 11) is 9.42. The number of benzene rings is 1. The third-order valence-electron chi connectivity index (χ3n) is 3.95. The molecule has 1 aromatic carbocycles. The number of allylic oxidation sites excluding steroid dienone is 1. The predicted molar refractivity (Wildman–Crippen MR) is 98.1 cm³/mol. The first-order chi connectivity index (χ1) is 11.4. The highest BCUT2D eigenvalue weighted by Crippen LogP contribution is 2.44. The van der Waals surface area contributed by atoms with Gasteiger partial charge in [-0.05, 0) is 12.1 Å². The zero-order chi connectivity index (χ0) is 17.4. The smallest absolute Gasteiger partial charge is 0.207 e. The molecule has 1 aromatic heterocycles. The summed E-state index contributed by atoms with van der Waals surface area (Å²) in [5.74, 6) is -0.196. The van der Waals surface area contributed by atoms with E-state index >= 15 is 0 Å². The normalized spacial score (nSPS) is 12.2. The lowest BCUT2D eigenvalue weighted by Gasteiger charge is -2.21. The van der Waals surface area contributed by atoms with Gasteiger partial charge in [0.05, 0.1) is 36.0 Å². The Labute approximate surface area is 141 Å². The van der Waals surface area contributed by atoms with Gasteiger partial charge in [-0.2, -0.15) is 0 Å². The highest BCUT2D eigenvalue weighted by atomic mass is 16.5. The highest BCUT2D eigenvalue weighted by molar-refractivity contribution is 6.18. The molecule has 6 nitrogen and oxygen atoms in total. The van der Waals surface area contributed by atoms with E-state index in [0.29, 0.717) is 5.69 Å². The van der Waals surface area contributed by atoms with Gasteiger partial charge in [0, 0.05) is 51.4 Å². The summed E-state index contributed by atoms with van der Waals surface area (Å²) in [5, 5.41) is 0.983. The van der Waals surface area contributed by atoms with Crippen molar-refractivity contribution >= 4 is 40.0 Å². The number of hydrogen-bond donors (Lipinski definition) is 0. The van der Waals surface area contributed by atoms with Crippen molar-refractivity contribution in [3.05, 3.63) is 35.7 Å². The molecule has 2 aromatic rings. The summed E-state index contributed by atoms with van der Waals surface area (Å²) < 4.78 is 4.82. The van der Waals surface area contributed by atoms with E-state index in [-0.39, 0.29) is 5.78 Å². The number of nitrogens with zero attached hydrogens (tertiary/aromatic N) is 4. The molecule has 0 spiro atoms. The van der Waals surface area contributed by atoms with Crippen LogP contribution < -0.4 is 9.80 Å². The Morgan fingerprint density at radius 3 is 2.46 bits per heavy atom. The maximum atomic E-state index is 12.3. The van der Waals surface area contributed by atoms with Crippen molar-refractivity contribution in [3.63, 3.8) is 0 Å². The van der Waals surface area contributed by atoms with E-state index in [4.69, 9.17) is 4.74 Å². The van der Waals surface area contributed by atoms with Gasteiger partial charge < -0.3 is 14.5 Å². The number of rotatable bonds is 5. The molecule has 1 aliphatic heterocycles. The fourth-order valence-electron chi connectivity index (χ4n) is 2.78. The van der Waals surface area contributed by atoms with Crippen LogP contribution in [0.15, 0.2) is 29.5 Å². The maximum absolute atomic E-state index is 12.3. The molecule has 0 aliphatic carbocycles. The van der Waals surface area contributed by atoms with Crippen molar-refractivity contribution in [1.29, 1.82) is 0 Å². The number of ether oxygens (including phenoxy) is 1. The highest BCUT2D eigenvalue weighted by Gasteiger charge is 2.23. The predicted octanol–water partition coefficient (Wildman–Crippen LogP) is 2.77. The molecule has 3 rings (SSSR count). The van der Waals surface area contributed by atoms with Gasteiger partial charge in [0.25, 0.3) is 0 Å². The molecular weight excluding hydrogens is 304 g/mol. The maximum Gasteiger partial charge on any atom is 0.207 e. The van der Waals surface area contributed by atoms with E-state index in [9.17, 15) is 4.79 Å². The fraction of sp³-hybridized carbons (Fsp3) is 0.278. The molecule has 0 radical (unpaired) electrons. The molecular formula is C18H20N4O2. The number of aromatic nitrogens is 1. The number of anilines is 2. The second kappa shape index (κ2) is 5.96. The van der Waals surface area contributed by atoms with E-state index in [1.807, 2.05) is 38.0 Å². The van der Waals surface area contributed by atoms with Gasteiger partial charge in [-0.25, -0.2) is 4.98 Å². The molecule has 0 saturated heterocycles. The number of methoxy groups -OCH3 is 1. The minimum absolute atomic E-state index is 0.196. The minimum Gasteiger partial charge on any atom is -0.504 e. The van der Waals surface area contributed by atoms with Gasteiger partial charge >= 0.3 is 0 Å². The van der Waals surface area contributed by atoms with Crippen LogP contribution in [0.5, 0.6) is 0 Å². The Kier molecular flexibility index (Phi) is 3.97. The SMILES string of the molecule is CO/C=C\C(=O)c1cc2c3c(c(N(C)C)cc(N(C)C)c3n1)N=C2. The Morgan fingerprint density at radius 2 is 1.83 bits per heavy atom. The molecule has 0 fully saturated rings. The molecule has 0 unspecified atom stereocenters. The topological polar surface area (TPSA) is 58.0 Å². The second-order valence-corrected chi connectivity index (χ2v) is 6.03. The number of pyridine rings is 1. The van der Waals surface area contributed by atoms with Gasteiger partial charge in [0.2, 0.25) is 5.78 Å². The van der Waals surface area contributed by atoms with Gasteiger partial charge in [-0.3, -0.25) is 9.79 Å². The molecule has 124 valence electrons. The number of carbonyl (C=O) groups is 1. The summed E-state index contributed by atoms with van der Waals surface area (Å²) in [6, 6.07) is 3.83. The number of aliphatic imine (C=N–C) groups is 1. The molecule has 0 atom stereocenters. The lowest BCUT2D eigenvalue weighted by Crippen LogP contribution is -2.14.